The van der Waals surface area contributed by atoms with E-state index in [1.165, 1.54) is 9.80 Å². The van der Waals surface area contributed by atoms with E-state index in [1.54, 1.807) is 48.5 Å². The first kappa shape index (κ1) is 18.8. The molecule has 0 aromatic heterocycles. The molecule has 4 aliphatic carbocycles. The summed E-state index contributed by atoms with van der Waals surface area (Å²) < 4.78 is 0. The van der Waals surface area contributed by atoms with Crippen LogP contribution < -0.4 is 4.90 Å². The van der Waals surface area contributed by atoms with Gasteiger partial charge in [-0.1, -0.05) is 42.0 Å². The van der Waals surface area contributed by atoms with Crippen molar-refractivity contribution in [2.75, 3.05) is 11.6 Å². The number of benzene rings is 2. The van der Waals surface area contributed by atoms with Crippen molar-refractivity contribution in [1.29, 1.82) is 0 Å². The number of imide groups is 1. The van der Waals surface area contributed by atoms with Gasteiger partial charge in [0.1, 0.15) is 6.67 Å². The fourth-order valence-corrected chi connectivity index (χ4v) is 6.05. The zero-order valence-electron chi connectivity index (χ0n) is 16.7. The maximum absolute atomic E-state index is 13.4. The maximum Gasteiger partial charge on any atom is 0.259 e. The van der Waals surface area contributed by atoms with E-state index in [9.17, 15) is 14.4 Å². The van der Waals surface area contributed by atoms with Gasteiger partial charge in [0.25, 0.3) is 5.91 Å². The van der Waals surface area contributed by atoms with E-state index < -0.39 is 0 Å². The van der Waals surface area contributed by atoms with Gasteiger partial charge in [-0.25, -0.2) is 0 Å². The third-order valence-electron chi connectivity index (χ3n) is 7.44. The standard InChI is InChI=1S/C25H21ClN2O3/c26-15-6-8-16(9-7-15)27(23(29)14-4-2-1-3-5-14)13-28-24(30)21-17-10-11-18(20-12-19(17)20)22(21)25(28)31/h1-11,17-22H,12-13H2/t17-,18-,19-,20-,21-,22+/m0/s1. The Hall–Kier alpha value is -2.92. The molecule has 6 atom stereocenters. The van der Waals surface area contributed by atoms with Crippen molar-refractivity contribution in [2.24, 2.45) is 35.5 Å². The Morgan fingerprint density at radius 3 is 2.06 bits per heavy atom. The van der Waals surface area contributed by atoms with Crippen LogP contribution in [0, 0.1) is 35.5 Å². The zero-order valence-corrected chi connectivity index (χ0v) is 17.5. The Bertz CT molecular complexity index is 1080. The zero-order chi connectivity index (χ0) is 21.3. The smallest absolute Gasteiger partial charge is 0.259 e. The van der Waals surface area contributed by atoms with E-state index in [0.29, 0.717) is 28.1 Å². The summed E-state index contributed by atoms with van der Waals surface area (Å²) in [6.07, 6.45) is 5.43. The Balaban J connectivity index is 1.34. The minimum absolute atomic E-state index is 0.0885. The summed E-state index contributed by atoms with van der Waals surface area (Å²) in [5.41, 5.74) is 1.09. The topological polar surface area (TPSA) is 57.7 Å². The van der Waals surface area contributed by atoms with E-state index in [4.69, 9.17) is 11.6 Å². The first-order valence-corrected chi connectivity index (χ1v) is 11.1. The largest absolute Gasteiger partial charge is 0.290 e. The van der Waals surface area contributed by atoms with Gasteiger partial charge < -0.3 is 0 Å². The summed E-state index contributed by atoms with van der Waals surface area (Å²) in [7, 11) is 0. The van der Waals surface area contributed by atoms with E-state index in [-0.39, 0.29) is 48.1 Å². The van der Waals surface area contributed by atoms with Gasteiger partial charge in [0.2, 0.25) is 11.8 Å². The number of carbonyl (C=O) groups excluding carboxylic acids is 3. The van der Waals surface area contributed by atoms with Gasteiger partial charge in [0.15, 0.2) is 0 Å². The molecule has 0 radical (unpaired) electrons. The lowest BCUT2D eigenvalue weighted by Crippen LogP contribution is -2.45. The number of allylic oxidation sites excluding steroid dienone is 2. The van der Waals surface area contributed by atoms with Crippen molar-refractivity contribution in [3.05, 3.63) is 77.3 Å². The molecule has 0 N–H and O–H groups in total. The lowest BCUT2D eigenvalue weighted by atomic mass is 9.63. The van der Waals surface area contributed by atoms with Crippen LogP contribution in [0.15, 0.2) is 66.7 Å². The van der Waals surface area contributed by atoms with Gasteiger partial charge in [0.05, 0.1) is 11.8 Å². The highest BCUT2D eigenvalue weighted by atomic mass is 35.5. The van der Waals surface area contributed by atoms with Crippen LogP contribution in [0.1, 0.15) is 16.8 Å². The fourth-order valence-electron chi connectivity index (χ4n) is 5.92. The van der Waals surface area contributed by atoms with Gasteiger partial charge in [-0.15, -0.1) is 0 Å². The summed E-state index contributed by atoms with van der Waals surface area (Å²) in [4.78, 5) is 43.0. The van der Waals surface area contributed by atoms with Crippen molar-refractivity contribution in [3.8, 4) is 0 Å². The summed E-state index contributed by atoms with van der Waals surface area (Å²) in [5.74, 6) is 0.333. The molecule has 5 aliphatic rings. The molecule has 7 rings (SSSR count). The highest BCUT2D eigenvalue weighted by molar-refractivity contribution is 6.30. The minimum Gasteiger partial charge on any atom is -0.290 e. The van der Waals surface area contributed by atoms with Crippen LogP contribution in [0.4, 0.5) is 5.69 Å². The molecule has 156 valence electrons. The van der Waals surface area contributed by atoms with Crippen LogP contribution in [-0.4, -0.2) is 29.3 Å². The first-order valence-electron chi connectivity index (χ1n) is 10.7. The van der Waals surface area contributed by atoms with Crippen molar-refractivity contribution in [2.45, 2.75) is 6.42 Å². The number of hydrogen-bond acceptors (Lipinski definition) is 3. The summed E-state index contributed by atoms with van der Waals surface area (Å²) in [6, 6.07) is 15.8. The Labute approximate surface area is 185 Å². The normalized spacial score (nSPS) is 32.1. The van der Waals surface area contributed by atoms with Gasteiger partial charge >= 0.3 is 0 Å². The van der Waals surface area contributed by atoms with E-state index in [0.717, 1.165) is 6.42 Å². The molecular formula is C25H21ClN2O3. The molecule has 2 saturated carbocycles. The van der Waals surface area contributed by atoms with Gasteiger partial charge in [-0.3, -0.25) is 24.2 Å². The molecule has 3 amide bonds. The number of halogens is 1. The molecule has 2 bridgehead atoms. The number of amides is 3. The summed E-state index contributed by atoms with van der Waals surface area (Å²) >= 11 is 6.04. The number of carbonyl (C=O) groups is 3. The fraction of sp³-hybridized carbons (Fsp3) is 0.320. The van der Waals surface area contributed by atoms with Crippen molar-refractivity contribution in [1.82, 2.24) is 4.90 Å². The summed E-state index contributed by atoms with van der Waals surface area (Å²) in [5, 5.41) is 0.553. The molecule has 31 heavy (non-hydrogen) atoms. The molecule has 1 aliphatic heterocycles. The van der Waals surface area contributed by atoms with Crippen molar-refractivity contribution < 1.29 is 14.4 Å². The number of anilines is 1. The maximum atomic E-state index is 13.4. The number of likely N-dealkylation sites (tertiary alicyclic amines) is 1. The van der Waals surface area contributed by atoms with Crippen LogP contribution >= 0.6 is 11.6 Å². The quantitative estimate of drug-likeness (QED) is 0.542. The molecule has 1 heterocycles. The molecule has 5 nitrogen and oxygen atoms in total. The van der Waals surface area contributed by atoms with E-state index in [1.807, 2.05) is 6.07 Å². The highest BCUT2D eigenvalue weighted by Crippen LogP contribution is 2.65. The van der Waals surface area contributed by atoms with Crippen LogP contribution in [-0.2, 0) is 9.59 Å². The number of rotatable bonds is 4. The van der Waals surface area contributed by atoms with E-state index >= 15 is 0 Å². The monoisotopic (exact) mass is 432 g/mol. The second-order valence-electron chi connectivity index (χ2n) is 8.98. The molecule has 2 aromatic rings. The predicted molar refractivity (Wildman–Crippen MR) is 116 cm³/mol. The SMILES string of the molecule is O=C1[C@@H]2[C@H]3C=C[C@@H]([C@@H]4C[C@@H]34)[C@@H]2C(=O)N1CN(C(=O)c1ccccc1)c1ccc(Cl)cc1. The lowest BCUT2D eigenvalue weighted by Gasteiger charge is -2.37. The second kappa shape index (κ2) is 6.79. The molecule has 2 aromatic carbocycles. The second-order valence-corrected chi connectivity index (χ2v) is 9.41. The molecule has 6 heteroatoms. The van der Waals surface area contributed by atoms with Crippen LogP contribution in [0.25, 0.3) is 0 Å². The molecule has 0 spiro atoms. The van der Waals surface area contributed by atoms with Gasteiger partial charge in [0, 0.05) is 16.3 Å². The molecule has 3 fully saturated rings. The lowest BCUT2D eigenvalue weighted by molar-refractivity contribution is -0.140. The molecule has 0 unspecified atom stereocenters. The Morgan fingerprint density at radius 1 is 0.903 bits per heavy atom. The Morgan fingerprint density at radius 2 is 1.48 bits per heavy atom. The van der Waals surface area contributed by atoms with Crippen LogP contribution in [0.5, 0.6) is 0 Å². The minimum atomic E-state index is -0.273. The first-order chi connectivity index (χ1) is 15.0. The predicted octanol–water partition coefficient (Wildman–Crippen LogP) is 4.00. The average molecular weight is 433 g/mol. The third kappa shape index (κ3) is 2.79. The summed E-state index contributed by atoms with van der Waals surface area (Å²) in [6.45, 7) is -0.0885. The molecular weight excluding hydrogens is 412 g/mol. The van der Waals surface area contributed by atoms with Gasteiger partial charge in [-0.05, 0) is 66.5 Å². The number of nitrogens with zero attached hydrogens (tertiary/aromatic N) is 2. The average Bonchev–Trinajstić information content (AvgIpc) is 3.58. The van der Waals surface area contributed by atoms with Crippen molar-refractivity contribution >= 4 is 35.0 Å². The highest BCUT2D eigenvalue weighted by Gasteiger charge is 2.67. The van der Waals surface area contributed by atoms with Crippen LogP contribution in [0.3, 0.4) is 0 Å². The van der Waals surface area contributed by atoms with E-state index in [2.05, 4.69) is 12.2 Å². The van der Waals surface area contributed by atoms with Crippen LogP contribution in [0.2, 0.25) is 5.02 Å². The number of hydrogen-bond donors (Lipinski definition) is 0. The van der Waals surface area contributed by atoms with Gasteiger partial charge in [-0.2, -0.15) is 0 Å². The van der Waals surface area contributed by atoms with Crippen molar-refractivity contribution in [3.63, 3.8) is 0 Å². The molecule has 1 saturated heterocycles. The Kier molecular flexibility index (Phi) is 4.12. The third-order valence-corrected chi connectivity index (χ3v) is 7.69.